The van der Waals surface area contributed by atoms with Crippen molar-refractivity contribution in [3.05, 3.63) is 22.6 Å². The first kappa shape index (κ1) is 9.92. The van der Waals surface area contributed by atoms with Crippen molar-refractivity contribution in [2.24, 2.45) is 0 Å². The van der Waals surface area contributed by atoms with Gasteiger partial charge in [0, 0.05) is 10.3 Å². The van der Waals surface area contributed by atoms with E-state index in [0.717, 1.165) is 16.7 Å². The summed E-state index contributed by atoms with van der Waals surface area (Å²) in [6.45, 7) is 2.02. The van der Waals surface area contributed by atoms with E-state index in [9.17, 15) is 9.90 Å². The summed E-state index contributed by atoms with van der Waals surface area (Å²) in [5, 5.41) is 18.9. The molecule has 0 atom stereocenters. The molecule has 0 fully saturated rings. The number of carboxylic acids is 1. The number of carbonyl (C=O) groups is 1. The van der Waals surface area contributed by atoms with Gasteiger partial charge in [-0.25, -0.2) is 9.78 Å². The number of carboxylic acid groups (broad SMARTS) is 1. The van der Waals surface area contributed by atoms with Gasteiger partial charge in [-0.2, -0.15) is 0 Å². The fourth-order valence-electron chi connectivity index (χ4n) is 1.35. The van der Waals surface area contributed by atoms with E-state index < -0.39 is 11.8 Å². The van der Waals surface area contributed by atoms with Crippen LogP contribution in [0.5, 0.6) is 5.88 Å². The highest BCUT2D eigenvalue weighted by Gasteiger charge is 2.13. The first-order valence-electron chi connectivity index (χ1n) is 4.47. The number of aryl methyl sites for hydroxylation is 1. The van der Waals surface area contributed by atoms with E-state index in [1.807, 2.05) is 13.0 Å². The summed E-state index contributed by atoms with van der Waals surface area (Å²) in [5.41, 5.74) is -0.150. The Balaban J connectivity index is 2.68. The Hall–Kier alpha value is -1.62. The Morgan fingerprint density at radius 2 is 2.27 bits per heavy atom. The third-order valence-electron chi connectivity index (χ3n) is 2.12. The molecule has 2 N–H and O–H groups in total. The summed E-state index contributed by atoms with van der Waals surface area (Å²) >= 11 is 1.47. The number of fused-ring (bicyclic) bond motifs is 1. The smallest absolute Gasteiger partial charge is 0.341 e. The summed E-state index contributed by atoms with van der Waals surface area (Å²) < 4.78 is 0. The van der Waals surface area contributed by atoms with Gasteiger partial charge in [0.15, 0.2) is 0 Å². The summed E-state index contributed by atoms with van der Waals surface area (Å²) in [6, 6.07) is 3.36. The maximum atomic E-state index is 10.7. The number of aromatic hydroxyl groups is 1. The van der Waals surface area contributed by atoms with Crippen molar-refractivity contribution in [3.63, 3.8) is 0 Å². The average molecular weight is 223 g/mol. The van der Waals surface area contributed by atoms with Crippen LogP contribution in [-0.2, 0) is 6.42 Å². The maximum Gasteiger partial charge on any atom is 0.341 e. The zero-order chi connectivity index (χ0) is 11.0. The van der Waals surface area contributed by atoms with Gasteiger partial charge in [-0.1, -0.05) is 6.92 Å². The number of pyridine rings is 1. The SMILES string of the molecule is CCc1cc2cc(C(=O)O)c(O)nc2s1. The summed E-state index contributed by atoms with van der Waals surface area (Å²) in [4.78, 5) is 16.4. The standard InChI is InChI=1S/C10H9NO3S/c1-2-6-3-5-4-7(10(13)14)8(12)11-9(5)15-6/h3-4H,2H2,1H3,(H,11,12)(H,13,14). The Morgan fingerprint density at radius 1 is 1.53 bits per heavy atom. The minimum Gasteiger partial charge on any atom is -0.493 e. The number of thiophene rings is 1. The largest absolute Gasteiger partial charge is 0.493 e. The molecule has 0 aliphatic heterocycles. The molecule has 15 heavy (non-hydrogen) atoms. The van der Waals surface area contributed by atoms with Crippen LogP contribution in [0.1, 0.15) is 22.2 Å². The minimum absolute atomic E-state index is 0.150. The normalized spacial score (nSPS) is 10.7. The molecule has 2 rings (SSSR count). The van der Waals surface area contributed by atoms with Gasteiger partial charge < -0.3 is 10.2 Å². The molecule has 0 radical (unpaired) electrons. The zero-order valence-electron chi connectivity index (χ0n) is 8.02. The minimum atomic E-state index is -1.16. The second-order valence-electron chi connectivity index (χ2n) is 3.13. The van der Waals surface area contributed by atoms with E-state index in [0.29, 0.717) is 4.83 Å². The second-order valence-corrected chi connectivity index (χ2v) is 4.24. The maximum absolute atomic E-state index is 10.7. The molecule has 0 saturated carbocycles. The van der Waals surface area contributed by atoms with Crippen LogP contribution in [0.15, 0.2) is 12.1 Å². The lowest BCUT2D eigenvalue weighted by Crippen LogP contribution is -1.97. The van der Waals surface area contributed by atoms with Crippen LogP contribution in [0.25, 0.3) is 10.2 Å². The molecule has 0 unspecified atom stereocenters. The molecule has 2 aromatic rings. The molecule has 0 saturated heterocycles. The third kappa shape index (κ3) is 1.66. The Bertz CT molecular complexity index is 533. The number of hydrogen-bond donors (Lipinski definition) is 2. The number of aromatic carboxylic acids is 1. The molecule has 0 bridgehead atoms. The Labute approximate surface area is 89.8 Å². The molecule has 0 spiro atoms. The first-order chi connectivity index (χ1) is 7.11. The molecule has 2 heterocycles. The van der Waals surface area contributed by atoms with E-state index in [-0.39, 0.29) is 5.56 Å². The molecular weight excluding hydrogens is 214 g/mol. The molecule has 0 aliphatic rings. The Morgan fingerprint density at radius 3 is 2.87 bits per heavy atom. The van der Waals surface area contributed by atoms with Crippen molar-refractivity contribution in [2.75, 3.05) is 0 Å². The average Bonchev–Trinajstić information content (AvgIpc) is 2.58. The van der Waals surface area contributed by atoms with Crippen molar-refractivity contribution >= 4 is 27.5 Å². The fraction of sp³-hybridized carbons (Fsp3) is 0.200. The molecule has 0 aliphatic carbocycles. The van der Waals surface area contributed by atoms with E-state index in [2.05, 4.69) is 4.98 Å². The van der Waals surface area contributed by atoms with Crippen molar-refractivity contribution in [1.29, 1.82) is 0 Å². The van der Waals surface area contributed by atoms with E-state index in [1.165, 1.54) is 17.4 Å². The van der Waals surface area contributed by atoms with E-state index >= 15 is 0 Å². The molecule has 0 aromatic carbocycles. The van der Waals surface area contributed by atoms with Gasteiger partial charge in [0.25, 0.3) is 0 Å². The lowest BCUT2D eigenvalue weighted by atomic mass is 10.2. The highest BCUT2D eigenvalue weighted by atomic mass is 32.1. The van der Waals surface area contributed by atoms with Crippen LogP contribution in [0, 0.1) is 0 Å². The molecule has 5 heteroatoms. The van der Waals surface area contributed by atoms with Gasteiger partial charge in [0.1, 0.15) is 10.4 Å². The van der Waals surface area contributed by atoms with Crippen molar-refractivity contribution in [3.8, 4) is 5.88 Å². The van der Waals surface area contributed by atoms with Gasteiger partial charge in [-0.15, -0.1) is 11.3 Å². The molecular formula is C10H9NO3S. The third-order valence-corrected chi connectivity index (χ3v) is 3.31. The summed E-state index contributed by atoms with van der Waals surface area (Å²) in [5.74, 6) is -1.58. The molecule has 2 aromatic heterocycles. The van der Waals surface area contributed by atoms with Crippen LogP contribution < -0.4 is 0 Å². The number of hydrogen-bond acceptors (Lipinski definition) is 4. The zero-order valence-corrected chi connectivity index (χ0v) is 8.84. The monoisotopic (exact) mass is 223 g/mol. The van der Waals surface area contributed by atoms with Crippen LogP contribution in [-0.4, -0.2) is 21.2 Å². The van der Waals surface area contributed by atoms with Crippen LogP contribution in [0.2, 0.25) is 0 Å². The number of nitrogens with zero attached hydrogens (tertiary/aromatic N) is 1. The number of rotatable bonds is 2. The molecule has 78 valence electrons. The van der Waals surface area contributed by atoms with Crippen molar-refractivity contribution in [1.82, 2.24) is 4.98 Å². The van der Waals surface area contributed by atoms with Gasteiger partial charge in [0.05, 0.1) is 0 Å². The van der Waals surface area contributed by atoms with Gasteiger partial charge in [0.2, 0.25) is 5.88 Å². The van der Waals surface area contributed by atoms with Crippen molar-refractivity contribution in [2.45, 2.75) is 13.3 Å². The highest BCUT2D eigenvalue weighted by molar-refractivity contribution is 7.18. The summed E-state index contributed by atoms with van der Waals surface area (Å²) in [7, 11) is 0. The predicted molar refractivity (Wildman–Crippen MR) is 57.6 cm³/mol. The van der Waals surface area contributed by atoms with Crippen LogP contribution in [0.4, 0.5) is 0 Å². The van der Waals surface area contributed by atoms with E-state index in [4.69, 9.17) is 5.11 Å². The van der Waals surface area contributed by atoms with Gasteiger partial charge in [-0.05, 0) is 18.6 Å². The lowest BCUT2D eigenvalue weighted by molar-refractivity contribution is 0.0693. The van der Waals surface area contributed by atoms with Gasteiger partial charge in [-0.3, -0.25) is 0 Å². The van der Waals surface area contributed by atoms with Crippen LogP contribution in [0.3, 0.4) is 0 Å². The van der Waals surface area contributed by atoms with Crippen molar-refractivity contribution < 1.29 is 15.0 Å². The highest BCUT2D eigenvalue weighted by Crippen LogP contribution is 2.28. The van der Waals surface area contributed by atoms with Crippen LogP contribution >= 0.6 is 11.3 Å². The topological polar surface area (TPSA) is 70.4 Å². The quantitative estimate of drug-likeness (QED) is 0.819. The number of aromatic nitrogens is 1. The second kappa shape index (κ2) is 3.51. The Kier molecular flexibility index (Phi) is 2.32. The lowest BCUT2D eigenvalue weighted by Gasteiger charge is -1.97. The summed E-state index contributed by atoms with van der Waals surface area (Å²) in [6.07, 6.45) is 0.879. The van der Waals surface area contributed by atoms with E-state index in [1.54, 1.807) is 0 Å². The molecule has 0 amide bonds. The van der Waals surface area contributed by atoms with Gasteiger partial charge >= 0.3 is 5.97 Å². The molecule has 4 nitrogen and oxygen atoms in total. The predicted octanol–water partition coefficient (Wildman–Crippen LogP) is 2.26. The fourth-order valence-corrected chi connectivity index (χ4v) is 2.29. The first-order valence-corrected chi connectivity index (χ1v) is 5.29.